The molecule has 142 valence electrons. The van der Waals surface area contributed by atoms with E-state index < -0.39 is 29.5 Å². The fourth-order valence-corrected chi connectivity index (χ4v) is 2.54. The molecule has 0 spiro atoms. The van der Waals surface area contributed by atoms with Gasteiger partial charge < -0.3 is 9.30 Å². The molecular formula is C17H10F6N2O2. The maximum absolute atomic E-state index is 12.9. The number of fused-ring (bicyclic) bond motifs is 1. The molecule has 0 aliphatic rings. The molecule has 1 heterocycles. The van der Waals surface area contributed by atoms with Crippen LogP contribution in [0, 0.1) is 0 Å². The standard InChI is InChI=1S/C17H10F6N2O2/c1-25-13-8-10(9-2-5-11(6-3-9)27-17(21,22)23)4-7-12(13)24-14(15(25)26)16(18,19)20/h2-8H,1H3. The summed E-state index contributed by atoms with van der Waals surface area (Å²) in [5.41, 5.74) is -1.72. The van der Waals surface area contributed by atoms with Crippen LogP contribution in [0.3, 0.4) is 0 Å². The summed E-state index contributed by atoms with van der Waals surface area (Å²) in [6, 6.07) is 9.13. The first-order chi connectivity index (χ1) is 12.5. The molecule has 4 nitrogen and oxygen atoms in total. The van der Waals surface area contributed by atoms with Crippen LogP contribution in [-0.2, 0) is 13.2 Å². The van der Waals surface area contributed by atoms with Crippen LogP contribution in [0.2, 0.25) is 0 Å². The van der Waals surface area contributed by atoms with Gasteiger partial charge >= 0.3 is 12.5 Å². The first kappa shape index (κ1) is 18.7. The maximum Gasteiger partial charge on any atom is 0.573 e. The van der Waals surface area contributed by atoms with E-state index in [4.69, 9.17) is 0 Å². The van der Waals surface area contributed by atoms with Gasteiger partial charge in [0.2, 0.25) is 5.69 Å². The smallest absolute Gasteiger partial charge is 0.406 e. The zero-order chi connectivity index (χ0) is 20.0. The molecule has 0 N–H and O–H groups in total. The van der Waals surface area contributed by atoms with Crippen molar-refractivity contribution in [2.24, 2.45) is 7.05 Å². The second-order valence-electron chi connectivity index (χ2n) is 5.60. The Morgan fingerprint density at radius 2 is 1.52 bits per heavy atom. The molecule has 0 aliphatic carbocycles. The van der Waals surface area contributed by atoms with E-state index in [-0.39, 0.29) is 11.0 Å². The molecule has 0 amide bonds. The van der Waals surface area contributed by atoms with Gasteiger partial charge in [-0.2, -0.15) is 13.2 Å². The Bertz CT molecular complexity index is 1050. The van der Waals surface area contributed by atoms with Crippen molar-refractivity contribution in [3.63, 3.8) is 0 Å². The highest BCUT2D eigenvalue weighted by Crippen LogP contribution is 2.29. The van der Waals surface area contributed by atoms with Gasteiger partial charge in [0.25, 0.3) is 5.56 Å². The molecule has 10 heteroatoms. The Kier molecular flexibility index (Phi) is 4.37. The van der Waals surface area contributed by atoms with Crippen LogP contribution >= 0.6 is 0 Å². The minimum atomic E-state index is -4.88. The molecule has 1 aromatic heterocycles. The molecule has 0 bridgehead atoms. The van der Waals surface area contributed by atoms with Gasteiger partial charge in [0.05, 0.1) is 11.0 Å². The van der Waals surface area contributed by atoms with E-state index in [1.165, 1.54) is 37.4 Å². The van der Waals surface area contributed by atoms with Gasteiger partial charge in [0.1, 0.15) is 5.75 Å². The summed E-state index contributed by atoms with van der Waals surface area (Å²) < 4.78 is 79.9. The van der Waals surface area contributed by atoms with E-state index in [1.54, 1.807) is 0 Å². The largest absolute Gasteiger partial charge is 0.573 e. The summed E-state index contributed by atoms with van der Waals surface area (Å²) in [6.45, 7) is 0. The molecule has 0 unspecified atom stereocenters. The lowest BCUT2D eigenvalue weighted by Gasteiger charge is -2.12. The first-order valence-electron chi connectivity index (χ1n) is 7.40. The normalized spacial score (nSPS) is 12.4. The number of benzene rings is 2. The first-order valence-corrected chi connectivity index (χ1v) is 7.40. The molecule has 0 atom stereocenters. The van der Waals surface area contributed by atoms with Gasteiger partial charge in [-0.3, -0.25) is 4.79 Å². The summed E-state index contributed by atoms with van der Waals surface area (Å²) in [6.07, 6.45) is -9.69. The lowest BCUT2D eigenvalue weighted by molar-refractivity contribution is -0.274. The molecule has 0 fully saturated rings. The molecule has 0 saturated carbocycles. The molecule has 3 aromatic rings. The number of ether oxygens (including phenoxy) is 1. The van der Waals surface area contributed by atoms with Gasteiger partial charge in [-0.05, 0) is 35.4 Å². The number of nitrogens with zero attached hydrogens (tertiary/aromatic N) is 2. The highest BCUT2D eigenvalue weighted by molar-refractivity contribution is 5.82. The van der Waals surface area contributed by atoms with E-state index in [9.17, 15) is 31.1 Å². The highest BCUT2D eigenvalue weighted by atomic mass is 19.4. The van der Waals surface area contributed by atoms with E-state index in [0.29, 0.717) is 11.1 Å². The number of aromatic nitrogens is 2. The average Bonchev–Trinajstić information content (AvgIpc) is 2.56. The van der Waals surface area contributed by atoms with E-state index in [2.05, 4.69) is 9.72 Å². The van der Waals surface area contributed by atoms with Gasteiger partial charge in [-0.25, -0.2) is 4.98 Å². The number of aryl methyl sites for hydroxylation is 1. The van der Waals surface area contributed by atoms with E-state index in [1.807, 2.05) is 0 Å². The van der Waals surface area contributed by atoms with Crippen molar-refractivity contribution in [3.05, 3.63) is 58.5 Å². The third-order valence-corrected chi connectivity index (χ3v) is 3.77. The molecule has 0 aliphatic heterocycles. The van der Waals surface area contributed by atoms with Crippen molar-refractivity contribution >= 4 is 11.0 Å². The van der Waals surface area contributed by atoms with Crippen LogP contribution in [0.25, 0.3) is 22.2 Å². The summed E-state index contributed by atoms with van der Waals surface area (Å²) in [5.74, 6) is -0.407. The molecule has 2 aromatic carbocycles. The predicted molar refractivity (Wildman–Crippen MR) is 84.1 cm³/mol. The summed E-state index contributed by atoms with van der Waals surface area (Å²) in [7, 11) is 1.19. The summed E-state index contributed by atoms with van der Waals surface area (Å²) in [4.78, 5) is 15.3. The zero-order valence-electron chi connectivity index (χ0n) is 13.5. The van der Waals surface area contributed by atoms with Crippen molar-refractivity contribution in [1.29, 1.82) is 0 Å². The lowest BCUT2D eigenvalue weighted by atomic mass is 10.0. The highest BCUT2D eigenvalue weighted by Gasteiger charge is 2.37. The van der Waals surface area contributed by atoms with Crippen molar-refractivity contribution in [3.8, 4) is 16.9 Å². The Morgan fingerprint density at radius 3 is 2.07 bits per heavy atom. The van der Waals surface area contributed by atoms with Crippen molar-refractivity contribution in [2.45, 2.75) is 12.5 Å². The predicted octanol–water partition coefficient (Wildman–Crippen LogP) is 4.52. The Morgan fingerprint density at radius 1 is 0.926 bits per heavy atom. The van der Waals surface area contributed by atoms with Crippen LogP contribution in [0.5, 0.6) is 5.75 Å². The number of hydrogen-bond donors (Lipinski definition) is 0. The van der Waals surface area contributed by atoms with Crippen LogP contribution in [0.15, 0.2) is 47.3 Å². The maximum atomic E-state index is 12.9. The molecule has 3 rings (SSSR count). The van der Waals surface area contributed by atoms with Crippen LogP contribution in [0.1, 0.15) is 5.69 Å². The summed E-state index contributed by atoms with van der Waals surface area (Å²) >= 11 is 0. The lowest BCUT2D eigenvalue weighted by Crippen LogP contribution is -2.29. The number of halogens is 6. The van der Waals surface area contributed by atoms with Gasteiger partial charge in [0, 0.05) is 7.05 Å². The van der Waals surface area contributed by atoms with Gasteiger partial charge in [-0.1, -0.05) is 18.2 Å². The minimum absolute atomic E-state index is 0.0369. The SMILES string of the molecule is Cn1c(=O)c(C(F)(F)F)nc2ccc(-c3ccc(OC(F)(F)F)cc3)cc21. The Labute approximate surface area is 147 Å². The molecular weight excluding hydrogens is 378 g/mol. The number of rotatable bonds is 2. The zero-order valence-corrected chi connectivity index (χ0v) is 13.5. The molecule has 27 heavy (non-hydrogen) atoms. The van der Waals surface area contributed by atoms with Crippen LogP contribution < -0.4 is 10.3 Å². The minimum Gasteiger partial charge on any atom is -0.406 e. The second kappa shape index (κ2) is 6.29. The third-order valence-electron chi connectivity index (χ3n) is 3.77. The number of alkyl halides is 6. The van der Waals surface area contributed by atoms with Crippen molar-refractivity contribution < 1.29 is 31.1 Å². The van der Waals surface area contributed by atoms with Crippen molar-refractivity contribution in [1.82, 2.24) is 9.55 Å². The average molecular weight is 388 g/mol. The number of hydrogen-bond acceptors (Lipinski definition) is 3. The monoisotopic (exact) mass is 388 g/mol. The van der Waals surface area contributed by atoms with Crippen molar-refractivity contribution in [2.75, 3.05) is 0 Å². The Hall–Kier alpha value is -3.04. The van der Waals surface area contributed by atoms with Gasteiger partial charge in [0.15, 0.2) is 0 Å². The quantitative estimate of drug-likeness (QED) is 0.607. The van der Waals surface area contributed by atoms with Crippen LogP contribution in [0.4, 0.5) is 26.3 Å². The van der Waals surface area contributed by atoms with Gasteiger partial charge in [-0.15, -0.1) is 13.2 Å². The fraction of sp³-hybridized carbons (Fsp3) is 0.176. The second-order valence-corrected chi connectivity index (χ2v) is 5.60. The Balaban J connectivity index is 2.05. The summed E-state index contributed by atoms with van der Waals surface area (Å²) in [5, 5.41) is 0. The molecule has 0 radical (unpaired) electrons. The van der Waals surface area contributed by atoms with Crippen LogP contribution in [-0.4, -0.2) is 15.9 Å². The van der Waals surface area contributed by atoms with E-state index >= 15 is 0 Å². The topological polar surface area (TPSA) is 44.1 Å². The third kappa shape index (κ3) is 3.88. The fourth-order valence-electron chi connectivity index (χ4n) is 2.54. The van der Waals surface area contributed by atoms with E-state index in [0.717, 1.165) is 16.7 Å². The molecule has 0 saturated heterocycles.